The summed E-state index contributed by atoms with van der Waals surface area (Å²) >= 11 is 12.3. The number of alkyl halides is 2. The van der Waals surface area contributed by atoms with Crippen molar-refractivity contribution >= 4 is 40.9 Å². The Morgan fingerprint density at radius 3 is 2.24 bits per heavy atom. The number of ketones is 1. The maximum atomic E-state index is 15.5. The Balaban J connectivity index is 1.99. The van der Waals surface area contributed by atoms with Gasteiger partial charge in [-0.05, 0) is 53.4 Å². The summed E-state index contributed by atoms with van der Waals surface area (Å²) in [7, 11) is 0. The number of pyridine rings is 1. The van der Waals surface area contributed by atoms with Crippen LogP contribution in [0.3, 0.4) is 0 Å². The average molecular weight is 618 g/mol. The van der Waals surface area contributed by atoms with E-state index in [0.29, 0.717) is 12.8 Å². The van der Waals surface area contributed by atoms with Gasteiger partial charge < -0.3 is 14.7 Å². The van der Waals surface area contributed by atoms with Crippen molar-refractivity contribution in [2.45, 2.75) is 84.3 Å². The minimum absolute atomic E-state index is 0.00229. The SMILES string of the molecule is CCC(F)(F)c1c(C(=O)N(CCOC(C)(C)C)CC(=O)c2c(Cl)cncc2Cl)cnn1C1CCC(C)(C(=O)O)CC1. The zero-order valence-electron chi connectivity index (χ0n) is 23.8. The van der Waals surface area contributed by atoms with Gasteiger partial charge in [0.25, 0.3) is 11.8 Å². The predicted molar refractivity (Wildman–Crippen MR) is 150 cm³/mol. The molecule has 41 heavy (non-hydrogen) atoms. The molecule has 1 saturated carbocycles. The first-order valence-corrected chi connectivity index (χ1v) is 14.2. The quantitative estimate of drug-likeness (QED) is 0.289. The lowest BCUT2D eigenvalue weighted by atomic mass is 9.74. The van der Waals surface area contributed by atoms with Crippen LogP contribution in [-0.4, -0.2) is 67.7 Å². The Morgan fingerprint density at radius 2 is 1.73 bits per heavy atom. The van der Waals surface area contributed by atoms with Crippen LogP contribution in [0, 0.1) is 5.41 Å². The van der Waals surface area contributed by atoms with Gasteiger partial charge >= 0.3 is 5.97 Å². The Labute approximate surface area is 248 Å². The van der Waals surface area contributed by atoms with Crippen molar-refractivity contribution < 1.29 is 33.0 Å². The van der Waals surface area contributed by atoms with Crippen LogP contribution in [0.4, 0.5) is 8.78 Å². The number of hydrogen-bond donors (Lipinski definition) is 1. The van der Waals surface area contributed by atoms with E-state index in [-0.39, 0.29) is 47.2 Å². The van der Waals surface area contributed by atoms with E-state index in [1.54, 1.807) is 6.92 Å². The van der Waals surface area contributed by atoms with E-state index in [9.17, 15) is 19.5 Å². The van der Waals surface area contributed by atoms with Crippen molar-refractivity contribution in [1.29, 1.82) is 0 Å². The van der Waals surface area contributed by atoms with Gasteiger partial charge in [0, 0.05) is 25.4 Å². The maximum absolute atomic E-state index is 15.5. The summed E-state index contributed by atoms with van der Waals surface area (Å²) in [6, 6.07) is -0.509. The fourth-order valence-corrected chi connectivity index (χ4v) is 5.42. The Kier molecular flexibility index (Phi) is 10.2. The summed E-state index contributed by atoms with van der Waals surface area (Å²) in [6.45, 7) is 7.87. The van der Waals surface area contributed by atoms with Gasteiger partial charge in [0.1, 0.15) is 5.69 Å². The number of amides is 1. The molecule has 0 aliphatic heterocycles. The molecule has 1 fully saturated rings. The molecule has 0 saturated heterocycles. The molecule has 2 heterocycles. The van der Waals surface area contributed by atoms with Crippen LogP contribution in [0.15, 0.2) is 18.6 Å². The molecule has 0 spiro atoms. The van der Waals surface area contributed by atoms with Crippen molar-refractivity contribution in [3.8, 4) is 0 Å². The molecule has 13 heteroatoms. The second kappa shape index (κ2) is 12.7. The zero-order valence-corrected chi connectivity index (χ0v) is 25.4. The molecule has 2 aromatic rings. The Bertz CT molecular complexity index is 1270. The highest BCUT2D eigenvalue weighted by Gasteiger charge is 2.44. The van der Waals surface area contributed by atoms with Crippen LogP contribution in [0.1, 0.15) is 99.2 Å². The maximum Gasteiger partial charge on any atom is 0.309 e. The number of rotatable bonds is 11. The molecule has 0 aromatic carbocycles. The second-order valence-corrected chi connectivity index (χ2v) is 12.4. The van der Waals surface area contributed by atoms with Crippen LogP contribution >= 0.6 is 23.2 Å². The molecule has 226 valence electrons. The van der Waals surface area contributed by atoms with Crippen LogP contribution in [0.2, 0.25) is 10.0 Å². The molecular weight excluding hydrogens is 581 g/mol. The van der Waals surface area contributed by atoms with Crippen molar-refractivity contribution in [1.82, 2.24) is 19.7 Å². The number of ether oxygens (including phenoxy) is 1. The molecule has 0 bridgehead atoms. The number of halogens is 4. The lowest BCUT2D eigenvalue weighted by molar-refractivity contribution is -0.150. The van der Waals surface area contributed by atoms with E-state index in [4.69, 9.17) is 27.9 Å². The number of carbonyl (C=O) groups excluding carboxylic acids is 2. The lowest BCUT2D eigenvalue weighted by Crippen LogP contribution is -2.40. The topological polar surface area (TPSA) is 115 Å². The number of carbonyl (C=O) groups is 3. The minimum Gasteiger partial charge on any atom is -0.481 e. The molecule has 0 unspecified atom stereocenters. The number of aliphatic carboxylic acids is 1. The van der Waals surface area contributed by atoms with Crippen molar-refractivity contribution in [2.75, 3.05) is 19.7 Å². The molecule has 0 atom stereocenters. The van der Waals surface area contributed by atoms with Gasteiger partial charge in [0.05, 0.1) is 57.6 Å². The van der Waals surface area contributed by atoms with E-state index in [1.165, 1.54) is 24.0 Å². The summed E-state index contributed by atoms with van der Waals surface area (Å²) in [5, 5.41) is 13.8. The van der Waals surface area contributed by atoms with Crippen LogP contribution < -0.4 is 0 Å². The number of carboxylic acids is 1. The van der Waals surface area contributed by atoms with Gasteiger partial charge in [-0.3, -0.25) is 24.0 Å². The van der Waals surface area contributed by atoms with E-state index < -0.39 is 59.3 Å². The number of aromatic nitrogens is 3. The van der Waals surface area contributed by atoms with Crippen LogP contribution in [0.25, 0.3) is 0 Å². The van der Waals surface area contributed by atoms with E-state index in [0.717, 1.165) is 11.1 Å². The van der Waals surface area contributed by atoms with Crippen LogP contribution in [0.5, 0.6) is 0 Å². The summed E-state index contributed by atoms with van der Waals surface area (Å²) in [6.07, 6.45) is 4.19. The van der Waals surface area contributed by atoms with Crippen LogP contribution in [-0.2, 0) is 15.5 Å². The highest BCUT2D eigenvalue weighted by Crippen LogP contribution is 2.44. The van der Waals surface area contributed by atoms with Gasteiger partial charge in [0.2, 0.25) is 0 Å². The van der Waals surface area contributed by atoms with E-state index in [1.807, 2.05) is 20.8 Å². The summed E-state index contributed by atoms with van der Waals surface area (Å²) in [4.78, 5) is 43.8. The van der Waals surface area contributed by atoms with E-state index >= 15 is 8.78 Å². The summed E-state index contributed by atoms with van der Waals surface area (Å²) in [5.41, 5.74) is -2.42. The lowest BCUT2D eigenvalue weighted by Gasteiger charge is -2.35. The van der Waals surface area contributed by atoms with Gasteiger partial charge in [-0.15, -0.1) is 0 Å². The molecule has 1 aliphatic carbocycles. The number of carboxylic acid groups (broad SMARTS) is 1. The number of nitrogens with zero attached hydrogens (tertiary/aromatic N) is 4. The molecule has 1 amide bonds. The Hall–Kier alpha value is -2.63. The molecule has 1 N–H and O–H groups in total. The largest absolute Gasteiger partial charge is 0.481 e. The third kappa shape index (κ3) is 7.61. The van der Waals surface area contributed by atoms with Crippen molar-refractivity contribution in [2.24, 2.45) is 5.41 Å². The summed E-state index contributed by atoms with van der Waals surface area (Å²) in [5.74, 6) is -5.76. The molecule has 3 rings (SSSR count). The first-order chi connectivity index (χ1) is 19.0. The zero-order chi connectivity index (χ0) is 30.8. The van der Waals surface area contributed by atoms with Gasteiger partial charge in [-0.2, -0.15) is 13.9 Å². The fraction of sp³-hybridized carbons (Fsp3) is 0.607. The minimum atomic E-state index is -3.41. The smallest absolute Gasteiger partial charge is 0.309 e. The second-order valence-electron chi connectivity index (χ2n) is 11.6. The summed E-state index contributed by atoms with van der Waals surface area (Å²) < 4.78 is 37.9. The standard InChI is InChI=1S/C28H36Cl2F2N4O5/c1-6-28(31,32)23-18(13-34-36(23)17-7-9-27(5,10-8-17)25(39)40)24(38)35(11-12-41-26(2,3)4)16-21(37)22-19(29)14-33-15-20(22)30/h13-15,17H,6-12,16H2,1-5H3,(H,39,40). The number of hydrogen-bond acceptors (Lipinski definition) is 6. The number of Topliss-reactive ketones (excluding diaryl/α,β-unsaturated/α-hetero) is 1. The third-order valence-electron chi connectivity index (χ3n) is 7.39. The Morgan fingerprint density at radius 1 is 1.15 bits per heavy atom. The third-order valence-corrected chi connectivity index (χ3v) is 7.96. The fourth-order valence-electron chi connectivity index (χ4n) is 4.84. The first-order valence-electron chi connectivity index (χ1n) is 13.5. The van der Waals surface area contributed by atoms with Crippen molar-refractivity contribution in [3.05, 3.63) is 45.5 Å². The monoisotopic (exact) mass is 616 g/mol. The van der Waals surface area contributed by atoms with Gasteiger partial charge in [-0.25, -0.2) is 0 Å². The molecule has 0 radical (unpaired) electrons. The van der Waals surface area contributed by atoms with Gasteiger partial charge in [0.15, 0.2) is 5.78 Å². The molecule has 1 aliphatic rings. The van der Waals surface area contributed by atoms with Gasteiger partial charge in [-0.1, -0.05) is 30.1 Å². The van der Waals surface area contributed by atoms with E-state index in [2.05, 4.69) is 10.1 Å². The highest BCUT2D eigenvalue weighted by molar-refractivity contribution is 6.39. The molecule has 2 aromatic heterocycles. The highest BCUT2D eigenvalue weighted by atomic mass is 35.5. The molecular formula is C28H36Cl2F2N4O5. The average Bonchev–Trinajstić information content (AvgIpc) is 3.33. The first kappa shape index (κ1) is 32.9. The molecule has 9 nitrogen and oxygen atoms in total. The van der Waals surface area contributed by atoms with Crippen molar-refractivity contribution in [3.63, 3.8) is 0 Å². The predicted octanol–water partition coefficient (Wildman–Crippen LogP) is 6.43. The normalized spacial score (nSPS) is 19.7.